The van der Waals surface area contributed by atoms with Crippen LogP contribution in [0.1, 0.15) is 59.7 Å². The Morgan fingerprint density at radius 3 is 2.42 bits per heavy atom. The van der Waals surface area contributed by atoms with Crippen LogP contribution in [0.2, 0.25) is 5.02 Å². The van der Waals surface area contributed by atoms with Gasteiger partial charge in [-0.1, -0.05) is 37.6 Å². The molecule has 1 fully saturated rings. The van der Waals surface area contributed by atoms with Gasteiger partial charge in [0, 0.05) is 51.2 Å². The minimum absolute atomic E-state index is 0.00798. The van der Waals surface area contributed by atoms with Gasteiger partial charge in [0.1, 0.15) is 0 Å². The number of carbonyl (C=O) groups excluding carboxylic acids is 1. The summed E-state index contributed by atoms with van der Waals surface area (Å²) in [7, 11) is 0. The Morgan fingerprint density at radius 2 is 1.77 bits per heavy atom. The van der Waals surface area contributed by atoms with E-state index in [1.54, 1.807) is 0 Å². The van der Waals surface area contributed by atoms with E-state index in [0.29, 0.717) is 10.1 Å². The Morgan fingerprint density at radius 1 is 1.00 bits per heavy atom. The van der Waals surface area contributed by atoms with Crippen molar-refractivity contribution < 1.29 is 4.79 Å². The number of nitrogens with one attached hydrogen (secondary N) is 2. The highest BCUT2D eigenvalue weighted by Crippen LogP contribution is 2.46. The quantitative estimate of drug-likeness (QED) is 0.234. The number of pyridine rings is 1. The minimum atomic E-state index is -0.165. The fraction of sp³-hybridized carbons (Fsp3) is 0.281. The predicted molar refractivity (Wildman–Crippen MR) is 168 cm³/mol. The van der Waals surface area contributed by atoms with E-state index in [2.05, 4.69) is 53.0 Å². The molecule has 0 radical (unpaired) electrons. The molecule has 0 aliphatic carbocycles. The molecule has 40 heavy (non-hydrogen) atoms. The Balaban J connectivity index is 1.66. The molecule has 2 N–H and O–H groups in total. The van der Waals surface area contributed by atoms with Crippen LogP contribution in [0, 0.1) is 33.6 Å². The van der Waals surface area contributed by atoms with Crippen LogP contribution >= 0.6 is 23.8 Å². The Labute approximate surface area is 246 Å². The number of rotatable bonds is 6. The number of aromatic nitrogens is 2. The van der Waals surface area contributed by atoms with Crippen LogP contribution in [0.3, 0.4) is 0 Å². The molecule has 5 rings (SSSR count). The number of benzene rings is 2. The van der Waals surface area contributed by atoms with Crippen LogP contribution in [-0.4, -0.2) is 20.6 Å². The lowest BCUT2D eigenvalue weighted by atomic mass is 9.93. The molecule has 2 atom stereocenters. The lowest BCUT2D eigenvalue weighted by molar-refractivity contribution is -0.118. The topological polar surface area (TPSA) is 62.2 Å². The van der Waals surface area contributed by atoms with Crippen molar-refractivity contribution >= 4 is 46.2 Å². The van der Waals surface area contributed by atoms with Crippen LogP contribution in [0.4, 0.5) is 11.4 Å². The zero-order valence-corrected chi connectivity index (χ0v) is 25.2. The number of halogens is 1. The number of thiocarbonyl (C=S) groups is 1. The third-order valence-corrected chi connectivity index (χ3v) is 8.29. The molecule has 2 aromatic carbocycles. The number of aryl methyl sites for hydroxylation is 1. The summed E-state index contributed by atoms with van der Waals surface area (Å²) >= 11 is 12.4. The summed E-state index contributed by atoms with van der Waals surface area (Å²) in [5, 5.41) is 7.94. The summed E-state index contributed by atoms with van der Waals surface area (Å²) in [6.07, 6.45) is 1.82. The maximum Gasteiger partial charge on any atom is 0.226 e. The van der Waals surface area contributed by atoms with Crippen LogP contribution in [-0.2, 0) is 4.79 Å². The molecular formula is C32H34ClN5OS. The zero-order chi connectivity index (χ0) is 28.7. The summed E-state index contributed by atoms with van der Waals surface area (Å²) in [5.41, 5.74) is 9.31. The van der Waals surface area contributed by atoms with E-state index in [1.165, 1.54) is 11.1 Å². The minimum Gasteiger partial charge on any atom is -0.351 e. The van der Waals surface area contributed by atoms with E-state index < -0.39 is 0 Å². The maximum absolute atomic E-state index is 12.4. The lowest BCUT2D eigenvalue weighted by Crippen LogP contribution is -2.30. The molecule has 6 nitrogen and oxygen atoms in total. The van der Waals surface area contributed by atoms with Gasteiger partial charge in [0.15, 0.2) is 5.11 Å². The van der Waals surface area contributed by atoms with Gasteiger partial charge >= 0.3 is 0 Å². The first-order valence-corrected chi connectivity index (χ1v) is 14.2. The van der Waals surface area contributed by atoms with E-state index >= 15 is 0 Å². The van der Waals surface area contributed by atoms with E-state index in [0.717, 1.165) is 39.7 Å². The standard InChI is InChI=1S/C32H34ClN5OS/c1-18(2)31(39)35-26-14-13-25(16-19(26)3)38-30(29(36-32(38)40)27-12-7-8-15-34-27)28-20(4)21(5)37(22(28)6)24-11-9-10-23(33)17-24/h7-18,29-30H,1-6H3,(H,35,39)(H,36,40). The number of hydrogen-bond acceptors (Lipinski definition) is 3. The molecule has 4 aromatic rings. The summed E-state index contributed by atoms with van der Waals surface area (Å²) in [6.45, 7) is 12.2. The molecule has 2 unspecified atom stereocenters. The van der Waals surface area contributed by atoms with E-state index in [4.69, 9.17) is 28.8 Å². The van der Waals surface area contributed by atoms with Crippen molar-refractivity contribution in [3.63, 3.8) is 0 Å². The van der Waals surface area contributed by atoms with Crippen LogP contribution < -0.4 is 15.5 Å². The van der Waals surface area contributed by atoms with Gasteiger partial charge < -0.3 is 20.1 Å². The number of amides is 1. The second kappa shape index (κ2) is 11.1. The maximum atomic E-state index is 12.4. The summed E-state index contributed by atoms with van der Waals surface area (Å²) < 4.78 is 2.27. The molecular weight excluding hydrogens is 538 g/mol. The highest BCUT2D eigenvalue weighted by molar-refractivity contribution is 7.80. The van der Waals surface area contributed by atoms with Gasteiger partial charge in [0.2, 0.25) is 5.91 Å². The average molecular weight is 572 g/mol. The molecule has 3 heterocycles. The lowest BCUT2D eigenvalue weighted by Gasteiger charge is -2.29. The first-order chi connectivity index (χ1) is 19.1. The highest BCUT2D eigenvalue weighted by atomic mass is 35.5. The average Bonchev–Trinajstić information content (AvgIpc) is 3.37. The third kappa shape index (κ3) is 5.00. The Kier molecular flexibility index (Phi) is 7.71. The smallest absolute Gasteiger partial charge is 0.226 e. The summed E-state index contributed by atoms with van der Waals surface area (Å²) in [4.78, 5) is 19.3. The van der Waals surface area contributed by atoms with Crippen LogP contribution in [0.25, 0.3) is 5.69 Å². The number of anilines is 2. The van der Waals surface area contributed by atoms with Crippen molar-refractivity contribution in [1.29, 1.82) is 0 Å². The van der Waals surface area contributed by atoms with Crippen molar-refractivity contribution in [2.75, 3.05) is 10.2 Å². The van der Waals surface area contributed by atoms with Crippen molar-refractivity contribution in [1.82, 2.24) is 14.9 Å². The molecule has 1 aliphatic rings. The molecule has 0 bridgehead atoms. The molecule has 8 heteroatoms. The second-order valence-corrected chi connectivity index (χ2v) is 11.5. The monoisotopic (exact) mass is 571 g/mol. The third-order valence-electron chi connectivity index (χ3n) is 7.74. The zero-order valence-electron chi connectivity index (χ0n) is 23.6. The fourth-order valence-corrected chi connectivity index (χ4v) is 6.12. The highest BCUT2D eigenvalue weighted by Gasteiger charge is 2.43. The van der Waals surface area contributed by atoms with Gasteiger partial charge in [-0.3, -0.25) is 9.78 Å². The molecule has 1 aliphatic heterocycles. The van der Waals surface area contributed by atoms with Gasteiger partial charge in [-0.25, -0.2) is 0 Å². The van der Waals surface area contributed by atoms with Crippen LogP contribution in [0.15, 0.2) is 66.9 Å². The molecule has 0 spiro atoms. The van der Waals surface area contributed by atoms with Gasteiger partial charge in [-0.05, 0) is 99.6 Å². The van der Waals surface area contributed by atoms with E-state index in [9.17, 15) is 4.79 Å². The van der Waals surface area contributed by atoms with E-state index in [1.807, 2.05) is 75.5 Å². The van der Waals surface area contributed by atoms with Gasteiger partial charge in [-0.2, -0.15) is 0 Å². The Bertz CT molecular complexity index is 1600. The van der Waals surface area contributed by atoms with Gasteiger partial charge in [0.25, 0.3) is 0 Å². The van der Waals surface area contributed by atoms with Crippen molar-refractivity contribution in [3.05, 3.63) is 106 Å². The fourth-order valence-electron chi connectivity index (χ4n) is 5.59. The first kappa shape index (κ1) is 27.9. The Hall–Kier alpha value is -3.68. The normalized spacial score (nSPS) is 16.9. The van der Waals surface area contributed by atoms with Crippen LogP contribution in [0.5, 0.6) is 0 Å². The second-order valence-electron chi connectivity index (χ2n) is 10.7. The van der Waals surface area contributed by atoms with Crippen molar-refractivity contribution in [2.24, 2.45) is 5.92 Å². The molecule has 206 valence electrons. The van der Waals surface area contributed by atoms with Crippen molar-refractivity contribution in [2.45, 2.75) is 53.6 Å². The number of carbonyl (C=O) groups is 1. The summed E-state index contributed by atoms with van der Waals surface area (Å²) in [5.74, 6) is -0.109. The molecule has 0 saturated carbocycles. The SMILES string of the molecule is Cc1cc(N2C(=S)NC(c3ccccn3)C2c2c(C)c(C)n(-c3cccc(Cl)c3)c2C)ccc1NC(=O)C(C)C. The number of hydrogen-bond donors (Lipinski definition) is 2. The molecule has 1 amide bonds. The largest absolute Gasteiger partial charge is 0.351 e. The van der Waals surface area contributed by atoms with Gasteiger partial charge in [-0.15, -0.1) is 0 Å². The predicted octanol–water partition coefficient (Wildman–Crippen LogP) is 7.53. The van der Waals surface area contributed by atoms with Gasteiger partial charge in [0.05, 0.1) is 17.8 Å². The van der Waals surface area contributed by atoms with Crippen molar-refractivity contribution in [3.8, 4) is 5.69 Å². The first-order valence-electron chi connectivity index (χ1n) is 13.4. The molecule has 1 saturated heterocycles. The number of nitrogens with zero attached hydrogens (tertiary/aromatic N) is 3. The summed E-state index contributed by atoms with van der Waals surface area (Å²) in [6, 6.07) is 19.7. The van der Waals surface area contributed by atoms with E-state index in [-0.39, 0.29) is 23.9 Å². The molecule has 2 aromatic heterocycles.